The lowest BCUT2D eigenvalue weighted by Gasteiger charge is -2.28. The Morgan fingerprint density at radius 2 is 1.78 bits per heavy atom. The van der Waals surface area contributed by atoms with Crippen molar-refractivity contribution in [2.24, 2.45) is 0 Å². The van der Waals surface area contributed by atoms with Crippen molar-refractivity contribution in [3.05, 3.63) is 41.1 Å². The molecule has 1 heterocycles. The molecule has 0 saturated carbocycles. The Hall–Kier alpha value is -2.50. The zero-order chi connectivity index (χ0) is 19.6. The highest BCUT2D eigenvalue weighted by atomic mass is 16.5. The first-order chi connectivity index (χ1) is 13.1. The molecule has 2 N–H and O–H groups in total. The van der Waals surface area contributed by atoms with Crippen LogP contribution >= 0.6 is 0 Å². The third kappa shape index (κ3) is 6.01. The average Bonchev–Trinajstić information content (AvgIpc) is 2.64. The van der Waals surface area contributed by atoms with Gasteiger partial charge in [-0.15, -0.1) is 0 Å². The van der Waals surface area contributed by atoms with Crippen LogP contribution in [0.15, 0.2) is 35.5 Å². The molecule has 1 aliphatic rings. The quantitative estimate of drug-likeness (QED) is 0.475. The Morgan fingerprint density at radius 1 is 1.07 bits per heavy atom. The Labute approximate surface area is 161 Å². The normalized spacial score (nSPS) is 16.6. The van der Waals surface area contributed by atoms with Gasteiger partial charge in [0.1, 0.15) is 5.75 Å². The summed E-state index contributed by atoms with van der Waals surface area (Å²) < 4.78 is 10.9. The van der Waals surface area contributed by atoms with E-state index in [0.29, 0.717) is 24.5 Å². The Morgan fingerprint density at radius 3 is 2.44 bits per heavy atom. The number of nitrogens with one attached hydrogen (secondary N) is 2. The molecular formula is C21H30N2O4. The lowest BCUT2D eigenvalue weighted by atomic mass is 9.95. The first-order valence-corrected chi connectivity index (χ1v) is 9.75. The second-order valence-electron chi connectivity index (χ2n) is 6.62. The van der Waals surface area contributed by atoms with Gasteiger partial charge in [0.15, 0.2) is 0 Å². The molecule has 2 rings (SSSR count). The lowest BCUT2D eigenvalue weighted by molar-refractivity contribution is -0.139. The van der Waals surface area contributed by atoms with Gasteiger partial charge in [0, 0.05) is 5.70 Å². The number of esters is 1. The van der Waals surface area contributed by atoms with Crippen LogP contribution in [0.25, 0.3) is 0 Å². The Kier molecular flexibility index (Phi) is 8.17. The molecule has 148 valence electrons. The topological polar surface area (TPSA) is 76.7 Å². The van der Waals surface area contributed by atoms with E-state index >= 15 is 0 Å². The monoisotopic (exact) mass is 374 g/mol. The number of carbonyl (C=O) groups is 2. The Balaban J connectivity index is 2.07. The first-order valence-electron chi connectivity index (χ1n) is 9.75. The standard InChI is InChI=1S/C21H30N2O4/c1-4-6-7-8-9-14-27-20(24)18-15(3)22-21(25)23-19(18)16-10-12-17(13-11-16)26-5-2/h10-13,19H,4-9,14H2,1-3H3,(H2,22,23,25)/t19-/m1/s1. The van der Waals surface area contributed by atoms with Crippen LogP contribution in [0.4, 0.5) is 4.79 Å². The van der Waals surface area contributed by atoms with E-state index < -0.39 is 12.0 Å². The van der Waals surface area contributed by atoms with Gasteiger partial charge in [-0.3, -0.25) is 0 Å². The van der Waals surface area contributed by atoms with E-state index in [1.54, 1.807) is 6.92 Å². The number of urea groups is 1. The number of ether oxygens (including phenoxy) is 2. The van der Waals surface area contributed by atoms with Crippen molar-refractivity contribution < 1.29 is 19.1 Å². The molecule has 0 saturated heterocycles. The molecule has 0 fully saturated rings. The smallest absolute Gasteiger partial charge is 0.338 e. The highest BCUT2D eigenvalue weighted by Gasteiger charge is 2.32. The first kappa shape index (κ1) is 20.8. The van der Waals surface area contributed by atoms with E-state index in [1.165, 1.54) is 12.8 Å². The van der Waals surface area contributed by atoms with E-state index in [0.717, 1.165) is 30.6 Å². The second-order valence-corrected chi connectivity index (χ2v) is 6.62. The van der Waals surface area contributed by atoms with Gasteiger partial charge in [0.2, 0.25) is 0 Å². The summed E-state index contributed by atoms with van der Waals surface area (Å²) in [6.45, 7) is 6.78. The molecule has 27 heavy (non-hydrogen) atoms. The third-order valence-electron chi connectivity index (χ3n) is 4.49. The van der Waals surface area contributed by atoms with Gasteiger partial charge >= 0.3 is 12.0 Å². The fraction of sp³-hybridized carbons (Fsp3) is 0.524. The van der Waals surface area contributed by atoms with Crippen LogP contribution in [-0.2, 0) is 9.53 Å². The van der Waals surface area contributed by atoms with Gasteiger partial charge in [-0.1, -0.05) is 44.7 Å². The van der Waals surface area contributed by atoms with Crippen LogP contribution in [0.2, 0.25) is 0 Å². The zero-order valence-corrected chi connectivity index (χ0v) is 16.5. The number of hydrogen-bond donors (Lipinski definition) is 2. The maximum atomic E-state index is 12.7. The molecule has 0 spiro atoms. The van der Waals surface area contributed by atoms with E-state index in [-0.39, 0.29) is 6.03 Å². The number of rotatable bonds is 10. The summed E-state index contributed by atoms with van der Waals surface area (Å²) in [5.41, 5.74) is 1.77. The highest BCUT2D eigenvalue weighted by molar-refractivity contribution is 5.95. The fourth-order valence-corrected chi connectivity index (χ4v) is 3.09. The van der Waals surface area contributed by atoms with Gasteiger partial charge in [-0.25, -0.2) is 9.59 Å². The van der Waals surface area contributed by atoms with Gasteiger partial charge in [-0.2, -0.15) is 0 Å². The Bertz CT molecular complexity index is 667. The van der Waals surface area contributed by atoms with Gasteiger partial charge < -0.3 is 20.1 Å². The summed E-state index contributed by atoms with van der Waals surface area (Å²) in [4.78, 5) is 24.6. The van der Waals surface area contributed by atoms with Crippen LogP contribution < -0.4 is 15.4 Å². The average molecular weight is 374 g/mol. The van der Waals surface area contributed by atoms with Crippen LogP contribution in [0, 0.1) is 0 Å². The fourth-order valence-electron chi connectivity index (χ4n) is 3.09. The minimum atomic E-state index is -0.540. The zero-order valence-electron chi connectivity index (χ0n) is 16.5. The van der Waals surface area contributed by atoms with Crippen LogP contribution in [0.3, 0.4) is 0 Å². The molecule has 1 aliphatic heterocycles. The van der Waals surface area contributed by atoms with E-state index in [2.05, 4.69) is 17.6 Å². The highest BCUT2D eigenvalue weighted by Crippen LogP contribution is 2.29. The maximum Gasteiger partial charge on any atom is 0.338 e. The van der Waals surface area contributed by atoms with Crippen molar-refractivity contribution in [3.63, 3.8) is 0 Å². The predicted molar refractivity (Wildman–Crippen MR) is 104 cm³/mol. The van der Waals surface area contributed by atoms with Crippen molar-refractivity contribution in [2.45, 2.75) is 58.9 Å². The summed E-state index contributed by atoms with van der Waals surface area (Å²) >= 11 is 0. The number of carbonyl (C=O) groups excluding carboxylic acids is 2. The molecule has 0 unspecified atom stereocenters. The van der Waals surface area contributed by atoms with Gasteiger partial charge in [0.05, 0.1) is 24.8 Å². The molecular weight excluding hydrogens is 344 g/mol. The van der Waals surface area contributed by atoms with Crippen molar-refractivity contribution in [1.29, 1.82) is 0 Å². The van der Waals surface area contributed by atoms with Crippen LogP contribution in [0.5, 0.6) is 5.75 Å². The third-order valence-corrected chi connectivity index (χ3v) is 4.49. The summed E-state index contributed by atoms with van der Waals surface area (Å²) in [7, 11) is 0. The molecule has 6 nitrogen and oxygen atoms in total. The van der Waals surface area contributed by atoms with E-state index in [4.69, 9.17) is 9.47 Å². The van der Waals surface area contributed by atoms with Crippen molar-refractivity contribution in [2.75, 3.05) is 13.2 Å². The number of benzene rings is 1. The number of hydrogen-bond acceptors (Lipinski definition) is 4. The molecule has 0 bridgehead atoms. The minimum Gasteiger partial charge on any atom is -0.494 e. The molecule has 0 aromatic heterocycles. The second kappa shape index (κ2) is 10.6. The summed E-state index contributed by atoms with van der Waals surface area (Å²) in [5.74, 6) is 0.354. The number of unbranched alkanes of at least 4 members (excludes halogenated alkanes) is 4. The molecule has 6 heteroatoms. The molecule has 0 radical (unpaired) electrons. The summed E-state index contributed by atoms with van der Waals surface area (Å²) in [6, 6.07) is 6.50. The molecule has 1 atom stereocenters. The van der Waals surface area contributed by atoms with E-state index in [9.17, 15) is 9.59 Å². The van der Waals surface area contributed by atoms with Crippen molar-refractivity contribution in [3.8, 4) is 5.75 Å². The van der Waals surface area contributed by atoms with Crippen LogP contribution in [0.1, 0.15) is 64.5 Å². The molecule has 1 aromatic rings. The lowest BCUT2D eigenvalue weighted by Crippen LogP contribution is -2.45. The van der Waals surface area contributed by atoms with Crippen molar-refractivity contribution >= 4 is 12.0 Å². The molecule has 2 amide bonds. The van der Waals surface area contributed by atoms with Crippen LogP contribution in [-0.4, -0.2) is 25.2 Å². The molecule has 1 aromatic carbocycles. The van der Waals surface area contributed by atoms with Gasteiger partial charge in [-0.05, 0) is 38.0 Å². The van der Waals surface area contributed by atoms with Gasteiger partial charge in [0.25, 0.3) is 0 Å². The number of amides is 2. The largest absolute Gasteiger partial charge is 0.494 e. The maximum absolute atomic E-state index is 12.7. The number of allylic oxidation sites excluding steroid dienone is 1. The van der Waals surface area contributed by atoms with E-state index in [1.807, 2.05) is 31.2 Å². The molecule has 0 aliphatic carbocycles. The summed E-state index contributed by atoms with van der Waals surface area (Å²) in [5, 5.41) is 5.48. The minimum absolute atomic E-state index is 0.331. The predicted octanol–water partition coefficient (Wildman–Crippen LogP) is 4.23. The summed E-state index contributed by atoms with van der Waals surface area (Å²) in [6.07, 6.45) is 5.44. The SMILES string of the molecule is CCCCCCCOC(=O)C1=C(C)NC(=O)N[C@@H]1c1ccc(OCC)cc1. The van der Waals surface area contributed by atoms with Crippen molar-refractivity contribution in [1.82, 2.24) is 10.6 Å².